The minimum atomic E-state index is -0.425. The van der Waals surface area contributed by atoms with E-state index < -0.39 is 6.04 Å². The molecular weight excluding hydrogens is 582 g/mol. The van der Waals surface area contributed by atoms with Gasteiger partial charge in [0.25, 0.3) is 0 Å². The monoisotopic (exact) mass is 637 g/mol. The van der Waals surface area contributed by atoms with Crippen molar-refractivity contribution in [3.8, 4) is 0 Å². The van der Waals surface area contributed by atoms with Gasteiger partial charge in [-0.3, -0.25) is 19.7 Å². The lowest BCUT2D eigenvalue weighted by Crippen LogP contribution is -2.49. The zero-order valence-electron chi connectivity index (χ0n) is 28.9. The molecule has 2 N–H and O–H groups in total. The Morgan fingerprint density at radius 1 is 1.11 bits per heavy atom. The molecule has 254 valence electrons. The molecule has 0 spiro atoms. The van der Waals surface area contributed by atoms with Gasteiger partial charge in [0.15, 0.2) is 0 Å². The summed E-state index contributed by atoms with van der Waals surface area (Å²) in [5.74, 6) is 0.695. The van der Waals surface area contributed by atoms with E-state index in [0.717, 1.165) is 17.7 Å². The summed E-state index contributed by atoms with van der Waals surface area (Å²) in [6.45, 7) is 14.3. The maximum atomic E-state index is 13.5. The van der Waals surface area contributed by atoms with Gasteiger partial charge >= 0.3 is 0 Å². The van der Waals surface area contributed by atoms with E-state index >= 15 is 0 Å². The summed E-state index contributed by atoms with van der Waals surface area (Å²) < 4.78 is 7.60. The van der Waals surface area contributed by atoms with Crippen LogP contribution in [0.25, 0.3) is 0 Å². The molecule has 5 atom stereocenters. The molecule has 0 saturated carbocycles. The molecule has 5 unspecified atom stereocenters. The molecule has 0 aliphatic carbocycles. The van der Waals surface area contributed by atoms with Crippen molar-refractivity contribution < 1.29 is 19.1 Å². The summed E-state index contributed by atoms with van der Waals surface area (Å²) in [5.41, 5.74) is 1.95. The Balaban J connectivity index is 1.15. The number of aromatic nitrogens is 3. The van der Waals surface area contributed by atoms with Crippen LogP contribution in [-0.4, -0.2) is 95.5 Å². The summed E-state index contributed by atoms with van der Waals surface area (Å²) in [5, 5.41) is 15.2. The number of ether oxygens (including phenoxy) is 1. The second-order valence-corrected chi connectivity index (χ2v) is 13.9. The molecule has 2 saturated heterocycles. The number of nitrogens with one attached hydrogen (secondary N) is 2. The van der Waals surface area contributed by atoms with Gasteiger partial charge in [-0.15, -0.1) is 5.10 Å². The maximum absolute atomic E-state index is 13.5. The molecule has 11 nitrogen and oxygen atoms in total. The zero-order valence-corrected chi connectivity index (χ0v) is 28.9. The van der Waals surface area contributed by atoms with Gasteiger partial charge in [-0.25, -0.2) is 4.68 Å². The molecular formula is C35H55N7O4. The first-order chi connectivity index (χ1) is 21.9. The van der Waals surface area contributed by atoms with Crippen LogP contribution in [-0.2, 0) is 31.1 Å². The molecule has 1 aromatic carbocycles. The predicted molar refractivity (Wildman–Crippen MR) is 178 cm³/mol. The average Bonchev–Trinajstić information content (AvgIpc) is 3.74. The third kappa shape index (κ3) is 8.53. The zero-order chi connectivity index (χ0) is 33.4. The van der Waals surface area contributed by atoms with Crippen LogP contribution in [0.15, 0.2) is 36.5 Å². The molecule has 3 amide bonds. The normalized spacial score (nSPS) is 22.0. The Bertz CT molecular complexity index is 1290. The second kappa shape index (κ2) is 16.0. The van der Waals surface area contributed by atoms with Crippen LogP contribution in [0.2, 0.25) is 0 Å². The summed E-state index contributed by atoms with van der Waals surface area (Å²) in [7, 11) is 3.51. The van der Waals surface area contributed by atoms with Gasteiger partial charge in [0.2, 0.25) is 17.7 Å². The minimum absolute atomic E-state index is 0.00838. The fraction of sp³-hybridized carbons (Fsp3) is 0.686. The Kier molecular flexibility index (Phi) is 12.4. The van der Waals surface area contributed by atoms with E-state index in [2.05, 4.69) is 55.6 Å². The van der Waals surface area contributed by atoms with Crippen LogP contribution >= 0.6 is 0 Å². The first-order valence-corrected chi connectivity index (χ1v) is 17.0. The number of amides is 3. The number of benzene rings is 1. The van der Waals surface area contributed by atoms with Crippen molar-refractivity contribution in [1.29, 1.82) is 0 Å². The lowest BCUT2D eigenvalue weighted by Gasteiger charge is -2.33. The number of likely N-dealkylation sites (tertiary alicyclic amines) is 1. The standard InChI is InChI=1S/C35H55N7O4/c1-8-24(2)25(3)35(4,5)30-23-42(39-38-30)19-21-46-20-16-36-32(43)27-14-17-41(18-15-27)34(45)29-22-28(33(44)40(6)7)31(37-29)26-12-10-9-11-13-26/h9-13,23-25,27-29,31,37H,8,14-22H2,1-7H3,(H,36,43). The smallest absolute Gasteiger partial charge is 0.239 e. The molecule has 0 radical (unpaired) electrons. The van der Waals surface area contributed by atoms with Crippen molar-refractivity contribution in [2.45, 2.75) is 84.3 Å². The number of rotatable bonds is 14. The fourth-order valence-corrected chi connectivity index (χ4v) is 6.76. The van der Waals surface area contributed by atoms with E-state index in [4.69, 9.17) is 4.74 Å². The molecule has 11 heteroatoms. The van der Waals surface area contributed by atoms with Gasteiger partial charge in [-0.05, 0) is 36.7 Å². The molecule has 2 aromatic rings. The minimum Gasteiger partial charge on any atom is -0.378 e. The van der Waals surface area contributed by atoms with Crippen LogP contribution < -0.4 is 10.6 Å². The van der Waals surface area contributed by atoms with Gasteiger partial charge in [0, 0.05) is 57.3 Å². The van der Waals surface area contributed by atoms with E-state index in [0.29, 0.717) is 70.5 Å². The number of carbonyl (C=O) groups is 3. The van der Waals surface area contributed by atoms with E-state index in [1.54, 1.807) is 19.0 Å². The molecule has 2 aliphatic heterocycles. The summed E-state index contributed by atoms with van der Waals surface area (Å²) in [6.07, 6.45) is 4.86. The largest absolute Gasteiger partial charge is 0.378 e. The molecule has 46 heavy (non-hydrogen) atoms. The highest BCUT2D eigenvalue weighted by atomic mass is 16.5. The number of nitrogens with zero attached hydrogens (tertiary/aromatic N) is 5. The quantitative estimate of drug-likeness (QED) is 0.305. The highest BCUT2D eigenvalue weighted by Crippen LogP contribution is 2.36. The average molecular weight is 638 g/mol. The summed E-state index contributed by atoms with van der Waals surface area (Å²) in [4.78, 5) is 42.8. The first kappa shape index (κ1) is 35.5. The Labute approximate surface area is 274 Å². The van der Waals surface area contributed by atoms with Crippen LogP contribution in [0, 0.1) is 23.7 Å². The summed E-state index contributed by atoms with van der Waals surface area (Å²) >= 11 is 0. The van der Waals surface area contributed by atoms with Gasteiger partial charge in [0.05, 0.1) is 37.4 Å². The van der Waals surface area contributed by atoms with Crippen molar-refractivity contribution in [1.82, 2.24) is 35.4 Å². The summed E-state index contributed by atoms with van der Waals surface area (Å²) in [6, 6.07) is 9.22. The van der Waals surface area contributed by atoms with Gasteiger partial charge in [-0.1, -0.05) is 76.6 Å². The number of hydrogen-bond acceptors (Lipinski definition) is 7. The SMILES string of the molecule is CCC(C)C(C)C(C)(C)c1cn(CCOCCNC(=O)C2CCN(C(=O)C3CC(C(=O)N(C)C)C(c4ccccc4)N3)CC2)nn1. The molecule has 1 aromatic heterocycles. The highest BCUT2D eigenvalue weighted by molar-refractivity contribution is 5.86. The molecule has 2 fully saturated rings. The molecule has 3 heterocycles. The van der Waals surface area contributed by atoms with Crippen molar-refractivity contribution in [2.75, 3.05) is 46.9 Å². The molecule has 0 bridgehead atoms. The van der Waals surface area contributed by atoms with Crippen LogP contribution in [0.5, 0.6) is 0 Å². The molecule has 4 rings (SSSR count). The predicted octanol–water partition coefficient (Wildman–Crippen LogP) is 3.42. The number of hydrogen-bond donors (Lipinski definition) is 2. The van der Waals surface area contributed by atoms with Crippen molar-refractivity contribution >= 4 is 17.7 Å². The van der Waals surface area contributed by atoms with Crippen LogP contribution in [0.1, 0.15) is 77.6 Å². The number of carbonyl (C=O) groups excluding carboxylic acids is 3. The highest BCUT2D eigenvalue weighted by Gasteiger charge is 2.44. The van der Waals surface area contributed by atoms with E-state index in [-0.39, 0.29) is 41.0 Å². The van der Waals surface area contributed by atoms with Crippen molar-refractivity contribution in [3.63, 3.8) is 0 Å². The Morgan fingerprint density at radius 3 is 2.46 bits per heavy atom. The van der Waals surface area contributed by atoms with E-state index in [1.165, 1.54) is 0 Å². The first-order valence-electron chi connectivity index (χ1n) is 17.0. The van der Waals surface area contributed by atoms with Crippen LogP contribution in [0.3, 0.4) is 0 Å². The molecule has 2 aliphatic rings. The maximum Gasteiger partial charge on any atom is 0.239 e. The Hall–Kier alpha value is -3.31. The third-order valence-corrected chi connectivity index (χ3v) is 10.5. The lowest BCUT2D eigenvalue weighted by atomic mass is 9.71. The van der Waals surface area contributed by atoms with E-state index in [9.17, 15) is 14.4 Å². The van der Waals surface area contributed by atoms with Crippen molar-refractivity contribution in [3.05, 3.63) is 47.8 Å². The van der Waals surface area contributed by atoms with E-state index in [1.807, 2.05) is 46.1 Å². The lowest BCUT2D eigenvalue weighted by molar-refractivity contribution is -0.137. The Morgan fingerprint density at radius 2 is 1.80 bits per heavy atom. The third-order valence-electron chi connectivity index (χ3n) is 10.5. The second-order valence-electron chi connectivity index (χ2n) is 13.9. The van der Waals surface area contributed by atoms with Gasteiger partial charge in [-0.2, -0.15) is 0 Å². The van der Waals surface area contributed by atoms with Crippen molar-refractivity contribution in [2.24, 2.45) is 23.7 Å². The fourth-order valence-electron chi connectivity index (χ4n) is 6.76. The van der Waals surface area contributed by atoms with Crippen LogP contribution in [0.4, 0.5) is 0 Å². The van der Waals surface area contributed by atoms with Gasteiger partial charge in [0.1, 0.15) is 0 Å². The topological polar surface area (TPSA) is 122 Å². The number of piperidine rings is 1. The van der Waals surface area contributed by atoms with Gasteiger partial charge < -0.3 is 19.9 Å².